The minimum Gasteiger partial charge on any atom is -0.378 e. The molecule has 0 saturated heterocycles. The molecule has 2 N–H and O–H groups in total. The molecule has 0 fully saturated rings. The third-order valence-corrected chi connectivity index (χ3v) is 4.08. The van der Waals surface area contributed by atoms with Crippen molar-refractivity contribution in [2.75, 3.05) is 20.2 Å². The van der Waals surface area contributed by atoms with Crippen LogP contribution in [0.15, 0.2) is 41.8 Å². The monoisotopic (exact) mass is 486 g/mol. The van der Waals surface area contributed by atoms with Gasteiger partial charge >= 0.3 is 0 Å². The summed E-state index contributed by atoms with van der Waals surface area (Å²) in [4.78, 5) is 8.63. The molecule has 7 nitrogen and oxygen atoms in total. The van der Waals surface area contributed by atoms with Gasteiger partial charge in [0.15, 0.2) is 11.8 Å². The van der Waals surface area contributed by atoms with Crippen molar-refractivity contribution in [1.82, 2.24) is 25.4 Å². The van der Waals surface area contributed by atoms with Gasteiger partial charge in [-0.05, 0) is 43.0 Å². The third kappa shape index (κ3) is 7.84. The molecule has 0 aromatic carbocycles. The van der Waals surface area contributed by atoms with Crippen LogP contribution in [0, 0.1) is 5.92 Å². The van der Waals surface area contributed by atoms with Gasteiger partial charge in [-0.15, -0.1) is 24.0 Å². The molecule has 0 aliphatic carbocycles. The molecule has 1 unspecified atom stereocenters. The maximum absolute atomic E-state index is 5.78. The van der Waals surface area contributed by atoms with E-state index in [9.17, 15) is 0 Å². The van der Waals surface area contributed by atoms with Crippen molar-refractivity contribution < 1.29 is 4.74 Å². The van der Waals surface area contributed by atoms with Gasteiger partial charge in [0.1, 0.15) is 0 Å². The van der Waals surface area contributed by atoms with Crippen molar-refractivity contribution in [2.24, 2.45) is 10.9 Å². The fourth-order valence-corrected chi connectivity index (χ4v) is 2.66. The summed E-state index contributed by atoms with van der Waals surface area (Å²) < 4.78 is 7.53. The van der Waals surface area contributed by atoms with Crippen molar-refractivity contribution in [3.8, 4) is 5.82 Å². The molecule has 2 aromatic rings. The zero-order valence-corrected chi connectivity index (χ0v) is 18.9. The summed E-state index contributed by atoms with van der Waals surface area (Å²) in [5.41, 5.74) is 1.11. The Bertz CT molecular complexity index is 675. The van der Waals surface area contributed by atoms with Gasteiger partial charge in [0.2, 0.25) is 0 Å². The van der Waals surface area contributed by atoms with E-state index in [1.807, 2.05) is 31.3 Å². The highest BCUT2D eigenvalue weighted by Gasteiger charge is 2.13. The van der Waals surface area contributed by atoms with Crippen LogP contribution in [0.2, 0.25) is 0 Å². The fourth-order valence-electron chi connectivity index (χ4n) is 2.66. The highest BCUT2D eigenvalue weighted by Crippen LogP contribution is 2.10. The van der Waals surface area contributed by atoms with Crippen LogP contribution >= 0.6 is 24.0 Å². The highest BCUT2D eigenvalue weighted by molar-refractivity contribution is 14.0. The molecular formula is C19H31IN6O. The van der Waals surface area contributed by atoms with Crippen molar-refractivity contribution in [3.63, 3.8) is 0 Å². The van der Waals surface area contributed by atoms with Crippen molar-refractivity contribution in [3.05, 3.63) is 42.4 Å². The topological polar surface area (TPSA) is 76.4 Å². The van der Waals surface area contributed by atoms with Gasteiger partial charge in [0.25, 0.3) is 0 Å². The van der Waals surface area contributed by atoms with E-state index in [0.717, 1.165) is 36.9 Å². The number of hydrogen-bond donors (Lipinski definition) is 2. The summed E-state index contributed by atoms with van der Waals surface area (Å²) in [6.45, 7) is 8.64. The first-order chi connectivity index (χ1) is 12.6. The van der Waals surface area contributed by atoms with Crippen LogP contribution in [0.5, 0.6) is 0 Å². The zero-order chi connectivity index (χ0) is 18.8. The maximum Gasteiger partial charge on any atom is 0.191 e. The lowest BCUT2D eigenvalue weighted by atomic mass is 10.0. The lowest BCUT2D eigenvalue weighted by molar-refractivity contribution is 0.0258. The van der Waals surface area contributed by atoms with Gasteiger partial charge in [-0.1, -0.05) is 13.8 Å². The van der Waals surface area contributed by atoms with Crippen molar-refractivity contribution in [1.29, 1.82) is 0 Å². The van der Waals surface area contributed by atoms with E-state index < -0.39 is 0 Å². The van der Waals surface area contributed by atoms with Crippen molar-refractivity contribution >= 4 is 29.9 Å². The minimum atomic E-state index is 0. The van der Waals surface area contributed by atoms with E-state index in [1.54, 1.807) is 24.1 Å². The molecule has 0 amide bonds. The van der Waals surface area contributed by atoms with Gasteiger partial charge < -0.3 is 15.4 Å². The van der Waals surface area contributed by atoms with Gasteiger partial charge in [-0.2, -0.15) is 5.10 Å². The SMILES string of the molecule is CCOC(CCNC(=NC)NCc1ccnc(-n2cccn2)c1)C(C)C.I. The van der Waals surface area contributed by atoms with Crippen LogP contribution in [0.1, 0.15) is 32.8 Å². The maximum atomic E-state index is 5.78. The fraction of sp³-hybridized carbons (Fsp3) is 0.526. The molecule has 0 aliphatic heterocycles. The number of halogens is 1. The molecule has 2 heterocycles. The Balaban J connectivity index is 0.00000364. The molecule has 0 aliphatic rings. The summed E-state index contributed by atoms with van der Waals surface area (Å²) >= 11 is 0. The largest absolute Gasteiger partial charge is 0.378 e. The number of aromatic nitrogens is 3. The molecule has 1 atom stereocenters. The number of aliphatic imine (C=N–C) groups is 1. The van der Waals surface area contributed by atoms with Gasteiger partial charge in [-0.25, -0.2) is 9.67 Å². The van der Waals surface area contributed by atoms with Gasteiger partial charge in [0.05, 0.1) is 6.10 Å². The normalized spacial score (nSPS) is 12.6. The Morgan fingerprint density at radius 1 is 1.30 bits per heavy atom. The Morgan fingerprint density at radius 3 is 2.74 bits per heavy atom. The van der Waals surface area contributed by atoms with Crippen LogP contribution in [0.4, 0.5) is 0 Å². The molecule has 2 aromatic heterocycles. The van der Waals surface area contributed by atoms with Gasteiger partial charge in [0, 0.05) is 45.3 Å². The van der Waals surface area contributed by atoms with Gasteiger partial charge in [-0.3, -0.25) is 4.99 Å². The molecule has 8 heteroatoms. The first-order valence-electron chi connectivity index (χ1n) is 9.15. The summed E-state index contributed by atoms with van der Waals surface area (Å²) in [5.74, 6) is 2.08. The number of guanidine groups is 1. The summed E-state index contributed by atoms with van der Waals surface area (Å²) in [7, 11) is 1.78. The molecule has 0 spiro atoms. The van der Waals surface area contributed by atoms with E-state index in [4.69, 9.17) is 4.74 Å². The number of pyridine rings is 1. The van der Waals surface area contributed by atoms with Crippen LogP contribution < -0.4 is 10.6 Å². The zero-order valence-electron chi connectivity index (χ0n) is 16.6. The Kier molecular flexibility index (Phi) is 11.0. The lowest BCUT2D eigenvalue weighted by Gasteiger charge is -2.21. The molecule has 0 bridgehead atoms. The Hall–Kier alpha value is -1.68. The number of ether oxygens (including phenoxy) is 1. The first-order valence-corrected chi connectivity index (χ1v) is 9.15. The highest BCUT2D eigenvalue weighted by atomic mass is 127. The predicted molar refractivity (Wildman–Crippen MR) is 120 cm³/mol. The van der Waals surface area contributed by atoms with E-state index >= 15 is 0 Å². The summed E-state index contributed by atoms with van der Waals surface area (Å²) in [6, 6.07) is 5.87. The summed E-state index contributed by atoms with van der Waals surface area (Å²) in [5, 5.41) is 10.9. The Morgan fingerprint density at radius 2 is 2.11 bits per heavy atom. The Labute approximate surface area is 179 Å². The molecule has 0 radical (unpaired) electrons. The quantitative estimate of drug-likeness (QED) is 0.324. The van der Waals surface area contributed by atoms with Crippen LogP contribution in [-0.4, -0.2) is 47.0 Å². The number of nitrogens with zero attached hydrogens (tertiary/aromatic N) is 4. The van der Waals surface area contributed by atoms with E-state index in [1.165, 1.54) is 0 Å². The van der Waals surface area contributed by atoms with Crippen molar-refractivity contribution in [2.45, 2.75) is 39.8 Å². The molecule has 150 valence electrons. The van der Waals surface area contributed by atoms with Crippen LogP contribution in [-0.2, 0) is 11.3 Å². The second-order valence-electron chi connectivity index (χ2n) is 6.35. The lowest BCUT2D eigenvalue weighted by Crippen LogP contribution is -2.39. The third-order valence-electron chi connectivity index (χ3n) is 4.08. The standard InChI is InChI=1S/C19H30N6O.HI/c1-5-26-17(15(2)3)8-11-22-19(20-4)23-14-16-7-10-21-18(13-16)25-12-6-9-24-25;/h6-7,9-10,12-13,15,17H,5,8,11,14H2,1-4H3,(H2,20,22,23);1H. The second kappa shape index (κ2) is 12.7. The van der Waals surface area contributed by atoms with E-state index in [2.05, 4.69) is 39.6 Å². The number of nitrogens with one attached hydrogen (secondary N) is 2. The molecular weight excluding hydrogens is 455 g/mol. The second-order valence-corrected chi connectivity index (χ2v) is 6.35. The number of hydrogen-bond acceptors (Lipinski definition) is 4. The average molecular weight is 486 g/mol. The van der Waals surface area contributed by atoms with Crippen LogP contribution in [0.3, 0.4) is 0 Å². The minimum absolute atomic E-state index is 0. The summed E-state index contributed by atoms with van der Waals surface area (Å²) in [6.07, 6.45) is 6.63. The first kappa shape index (κ1) is 23.4. The molecule has 27 heavy (non-hydrogen) atoms. The smallest absolute Gasteiger partial charge is 0.191 e. The molecule has 0 saturated carbocycles. The molecule has 2 rings (SSSR count). The number of rotatable bonds is 9. The van der Waals surface area contributed by atoms with E-state index in [0.29, 0.717) is 12.5 Å². The van der Waals surface area contributed by atoms with E-state index in [-0.39, 0.29) is 30.1 Å². The van der Waals surface area contributed by atoms with Crippen LogP contribution in [0.25, 0.3) is 5.82 Å². The average Bonchev–Trinajstić information content (AvgIpc) is 3.18. The predicted octanol–water partition coefficient (Wildman–Crippen LogP) is 3.00.